The molecule has 0 aromatic carbocycles. The van der Waals surface area contributed by atoms with Crippen LogP contribution in [-0.2, 0) is 0 Å². The summed E-state index contributed by atoms with van der Waals surface area (Å²) in [5, 5.41) is 24.3. The maximum atomic E-state index is 8.71. The molecule has 2 N–H and O–H groups in total. The van der Waals surface area contributed by atoms with Gasteiger partial charge in [0.2, 0.25) is 0 Å². The maximum Gasteiger partial charge on any atom is 0.111 e. The second-order valence-electron chi connectivity index (χ2n) is 1.67. The summed E-state index contributed by atoms with van der Waals surface area (Å²) >= 11 is 0.903. The Balaban J connectivity index is 2.61. The smallest absolute Gasteiger partial charge is 0.111 e. The summed E-state index contributed by atoms with van der Waals surface area (Å²) in [6.45, 7) is 0.250. The van der Waals surface area contributed by atoms with Crippen LogP contribution in [0.5, 0.6) is 0 Å². The van der Waals surface area contributed by atoms with Crippen LogP contribution in [-0.4, -0.2) is 21.3 Å². The van der Waals surface area contributed by atoms with Crippen molar-refractivity contribution in [3.8, 4) is 6.07 Å². The molecule has 0 radical (unpaired) electrons. The fourth-order valence-electron chi connectivity index (χ4n) is 0.553. The molecule has 5 heteroatoms. The summed E-state index contributed by atoms with van der Waals surface area (Å²) in [4.78, 5) is 0. The van der Waals surface area contributed by atoms with E-state index < -0.39 is 5.92 Å². The first kappa shape index (κ1) is 6.55. The van der Waals surface area contributed by atoms with Gasteiger partial charge in [-0.05, 0) is 0 Å². The van der Waals surface area contributed by atoms with Gasteiger partial charge in [-0.2, -0.15) is 5.26 Å². The average Bonchev–Trinajstić information content (AvgIpc) is 2.10. The molecule has 48 valence electrons. The lowest BCUT2D eigenvalue weighted by Crippen LogP contribution is -2.10. The van der Waals surface area contributed by atoms with E-state index in [9.17, 15) is 0 Å². The molecule has 0 amide bonds. The fraction of sp³-hybridized carbons (Fsp3) is 0.500. The zero-order valence-electron chi connectivity index (χ0n) is 4.53. The van der Waals surface area contributed by atoms with E-state index >= 15 is 0 Å². The van der Waals surface area contributed by atoms with Crippen LogP contribution in [0.3, 0.4) is 0 Å². The monoisotopic (exact) mass is 143 g/mol. The first-order valence-corrected chi connectivity index (χ1v) is 3.14. The van der Waals surface area contributed by atoms with E-state index in [0.717, 1.165) is 16.4 Å². The molecule has 4 nitrogen and oxygen atoms in total. The van der Waals surface area contributed by atoms with Crippen LogP contribution in [0.1, 0.15) is 0 Å². The average molecular weight is 143 g/mol. The lowest BCUT2D eigenvalue weighted by atomic mass is 10.2. The lowest BCUT2D eigenvalue weighted by Gasteiger charge is -1.97. The molecule has 0 aromatic heterocycles. The van der Waals surface area contributed by atoms with Crippen molar-refractivity contribution in [2.24, 2.45) is 5.92 Å². The first-order valence-electron chi connectivity index (χ1n) is 2.36. The Morgan fingerprint density at radius 2 is 2.67 bits per heavy atom. The van der Waals surface area contributed by atoms with Crippen molar-refractivity contribution >= 4 is 17.0 Å². The molecule has 1 aliphatic heterocycles. The van der Waals surface area contributed by atoms with Crippen LogP contribution in [0.4, 0.5) is 0 Å². The molecule has 0 saturated carbocycles. The Labute approximate surface area is 56.7 Å². The van der Waals surface area contributed by atoms with Crippen LogP contribution in [0, 0.1) is 22.7 Å². The third-order valence-corrected chi connectivity index (χ3v) is 1.86. The van der Waals surface area contributed by atoms with Gasteiger partial charge in [-0.1, -0.05) is 0 Å². The van der Waals surface area contributed by atoms with Crippen LogP contribution in [0.15, 0.2) is 0 Å². The van der Waals surface area contributed by atoms with E-state index in [1.165, 1.54) is 0 Å². The fourth-order valence-corrected chi connectivity index (χ4v) is 1.26. The molecular formula is C4H5N3OS. The summed E-state index contributed by atoms with van der Waals surface area (Å²) in [6.07, 6.45) is 0. The molecule has 0 bridgehead atoms. The molecule has 0 aliphatic carbocycles. The van der Waals surface area contributed by atoms with Crippen LogP contribution < -0.4 is 0 Å². The quantitative estimate of drug-likeness (QED) is 0.483. The second-order valence-corrected chi connectivity index (χ2v) is 2.72. The molecule has 1 unspecified atom stereocenters. The van der Waals surface area contributed by atoms with Crippen molar-refractivity contribution in [1.82, 2.24) is 4.47 Å². The van der Waals surface area contributed by atoms with E-state index in [4.69, 9.17) is 15.9 Å². The lowest BCUT2D eigenvalue weighted by molar-refractivity contribution is 0.0206. The highest BCUT2D eigenvalue weighted by molar-refractivity contribution is 8.12. The maximum absolute atomic E-state index is 8.71. The second kappa shape index (κ2) is 2.35. The van der Waals surface area contributed by atoms with E-state index in [0.29, 0.717) is 0 Å². The molecule has 1 atom stereocenters. The topological polar surface area (TPSA) is 71.1 Å². The van der Waals surface area contributed by atoms with Gasteiger partial charge < -0.3 is 5.21 Å². The zero-order chi connectivity index (χ0) is 6.85. The minimum Gasteiger partial charge on any atom is -0.303 e. The number of nitrogens with one attached hydrogen (secondary N) is 1. The molecule has 9 heavy (non-hydrogen) atoms. The number of hydroxylamine groups is 1. The van der Waals surface area contributed by atoms with Gasteiger partial charge in [0.15, 0.2) is 0 Å². The van der Waals surface area contributed by atoms with Crippen LogP contribution >= 0.6 is 11.9 Å². The van der Waals surface area contributed by atoms with E-state index in [2.05, 4.69) is 0 Å². The number of hydrogen-bond donors (Lipinski definition) is 2. The summed E-state index contributed by atoms with van der Waals surface area (Å²) < 4.78 is 0.899. The largest absolute Gasteiger partial charge is 0.303 e. The highest BCUT2D eigenvalue weighted by Crippen LogP contribution is 2.23. The van der Waals surface area contributed by atoms with Crippen LogP contribution in [0.2, 0.25) is 0 Å². The summed E-state index contributed by atoms with van der Waals surface area (Å²) in [5.41, 5.74) is 0. The summed E-state index contributed by atoms with van der Waals surface area (Å²) in [6, 6.07) is 1.90. The predicted octanol–water partition coefficient (Wildman–Crippen LogP) is 0.456. The van der Waals surface area contributed by atoms with Crippen molar-refractivity contribution in [1.29, 1.82) is 10.7 Å². The highest BCUT2D eigenvalue weighted by atomic mass is 32.2. The number of nitrogens with zero attached hydrogens (tertiary/aromatic N) is 2. The predicted molar refractivity (Wildman–Crippen MR) is 32.9 cm³/mol. The number of rotatable bonds is 0. The van der Waals surface area contributed by atoms with E-state index in [1.807, 2.05) is 6.07 Å². The summed E-state index contributed by atoms with van der Waals surface area (Å²) in [7, 11) is 0. The van der Waals surface area contributed by atoms with Gasteiger partial charge in [0, 0.05) is 11.9 Å². The summed E-state index contributed by atoms with van der Waals surface area (Å²) in [5.74, 6) is -0.431. The van der Waals surface area contributed by atoms with Gasteiger partial charge in [0.1, 0.15) is 11.0 Å². The number of nitriles is 1. The van der Waals surface area contributed by atoms with Crippen molar-refractivity contribution in [3.05, 3.63) is 0 Å². The van der Waals surface area contributed by atoms with Crippen molar-refractivity contribution in [2.75, 3.05) is 6.54 Å². The van der Waals surface area contributed by atoms with Gasteiger partial charge in [0.25, 0.3) is 0 Å². The SMILES string of the molecule is N#CC1CN(O)SC1=N. The Bertz CT molecular complexity index is 175. The normalized spacial score (nSPS) is 28.4. The highest BCUT2D eigenvalue weighted by Gasteiger charge is 2.27. The van der Waals surface area contributed by atoms with Gasteiger partial charge in [-0.25, -0.2) is 0 Å². The Hall–Kier alpha value is -0.570. The molecule has 1 heterocycles. The third-order valence-electron chi connectivity index (χ3n) is 1.01. The standard InChI is InChI=1S/C4H5N3OS/c5-1-3-2-7(8)9-4(3)6/h3,6,8H,2H2. The minimum absolute atomic E-state index is 0.222. The molecule has 0 aromatic rings. The zero-order valence-corrected chi connectivity index (χ0v) is 5.35. The van der Waals surface area contributed by atoms with Crippen LogP contribution in [0.25, 0.3) is 0 Å². The molecule has 1 aliphatic rings. The van der Waals surface area contributed by atoms with Gasteiger partial charge in [-0.3, -0.25) is 5.41 Å². The van der Waals surface area contributed by atoms with Crippen molar-refractivity contribution in [3.63, 3.8) is 0 Å². The Morgan fingerprint density at radius 1 is 2.00 bits per heavy atom. The Morgan fingerprint density at radius 3 is 2.89 bits per heavy atom. The van der Waals surface area contributed by atoms with E-state index in [-0.39, 0.29) is 11.6 Å². The molecule has 1 saturated heterocycles. The van der Waals surface area contributed by atoms with Gasteiger partial charge >= 0.3 is 0 Å². The van der Waals surface area contributed by atoms with Gasteiger partial charge in [0.05, 0.1) is 12.6 Å². The third kappa shape index (κ3) is 1.21. The molecule has 1 rings (SSSR count). The molecule has 1 fully saturated rings. The molecular weight excluding hydrogens is 138 g/mol. The number of hydrogen-bond acceptors (Lipinski definition) is 5. The van der Waals surface area contributed by atoms with Crippen molar-refractivity contribution in [2.45, 2.75) is 0 Å². The van der Waals surface area contributed by atoms with E-state index in [1.54, 1.807) is 0 Å². The first-order chi connectivity index (χ1) is 4.24. The Kier molecular flexibility index (Phi) is 1.71. The van der Waals surface area contributed by atoms with Crippen molar-refractivity contribution < 1.29 is 5.21 Å². The molecule has 0 spiro atoms. The minimum atomic E-state index is -0.431. The van der Waals surface area contributed by atoms with Gasteiger partial charge in [-0.15, -0.1) is 4.47 Å².